The molecule has 6 nitrogen and oxygen atoms in total. The molecule has 2 aromatic carbocycles. The van der Waals surface area contributed by atoms with Crippen molar-refractivity contribution in [2.24, 2.45) is 0 Å². The quantitative estimate of drug-likeness (QED) is 0.429. The van der Waals surface area contributed by atoms with Crippen LogP contribution in [0.1, 0.15) is 41.1 Å². The summed E-state index contributed by atoms with van der Waals surface area (Å²) in [5.41, 5.74) is 3.25. The van der Waals surface area contributed by atoms with E-state index in [2.05, 4.69) is 28.5 Å². The van der Waals surface area contributed by atoms with Crippen LogP contribution in [0, 0.1) is 0 Å². The van der Waals surface area contributed by atoms with Crippen molar-refractivity contribution < 1.29 is 19.1 Å². The zero-order valence-electron chi connectivity index (χ0n) is 17.5. The van der Waals surface area contributed by atoms with Crippen LogP contribution >= 0.6 is 11.3 Å². The molecular weight excluding hydrogens is 424 g/mol. The van der Waals surface area contributed by atoms with Gasteiger partial charge in [0.15, 0.2) is 6.10 Å². The third-order valence-electron chi connectivity index (χ3n) is 5.05. The number of carbonyl (C=O) groups is 2. The number of unbranched alkanes of at least 4 members (excludes halogenated alkanes) is 1. The van der Waals surface area contributed by atoms with E-state index in [9.17, 15) is 9.59 Å². The number of amides is 2. The fraction of sp³-hybridized carbons (Fsp3) is 0.240. The normalized spacial score (nSPS) is 15.7. The van der Waals surface area contributed by atoms with E-state index < -0.39 is 12.2 Å². The van der Waals surface area contributed by atoms with E-state index in [0.717, 1.165) is 41.3 Å². The molecule has 0 spiro atoms. The summed E-state index contributed by atoms with van der Waals surface area (Å²) in [7, 11) is 0. The molecular formula is C25H24N2O4S. The molecule has 1 aliphatic rings. The van der Waals surface area contributed by atoms with Crippen molar-refractivity contribution in [1.29, 1.82) is 0 Å². The number of ether oxygens (including phenoxy) is 2. The summed E-state index contributed by atoms with van der Waals surface area (Å²) < 4.78 is 10.8. The number of nitrogens with zero attached hydrogens (tertiary/aromatic N) is 1. The van der Waals surface area contributed by atoms with Crippen LogP contribution in [0.3, 0.4) is 0 Å². The van der Waals surface area contributed by atoms with Gasteiger partial charge in [0, 0.05) is 5.38 Å². The Morgan fingerprint density at radius 2 is 1.84 bits per heavy atom. The number of imide groups is 1. The van der Waals surface area contributed by atoms with Gasteiger partial charge in [-0.1, -0.05) is 48.5 Å². The number of cyclic esters (lactones) is 1. The Labute approximate surface area is 190 Å². The number of benzene rings is 2. The number of aryl methyl sites for hydroxylation is 1. The predicted octanol–water partition coefficient (Wildman–Crippen LogP) is 5.24. The second-order valence-corrected chi connectivity index (χ2v) is 8.37. The molecule has 1 fully saturated rings. The maximum absolute atomic E-state index is 11.5. The molecule has 3 aromatic rings. The third kappa shape index (κ3) is 6.28. The largest absolute Gasteiger partial charge is 0.487 e. The number of aromatic nitrogens is 1. The van der Waals surface area contributed by atoms with Crippen LogP contribution in [-0.2, 0) is 22.6 Å². The maximum atomic E-state index is 11.5. The van der Waals surface area contributed by atoms with E-state index in [4.69, 9.17) is 9.47 Å². The van der Waals surface area contributed by atoms with Gasteiger partial charge >= 0.3 is 6.09 Å². The second-order valence-electron chi connectivity index (χ2n) is 7.48. The van der Waals surface area contributed by atoms with E-state index in [-0.39, 0.29) is 5.91 Å². The lowest BCUT2D eigenvalue weighted by atomic mass is 10.1. The van der Waals surface area contributed by atoms with Crippen molar-refractivity contribution in [3.05, 3.63) is 81.8 Å². The molecule has 0 saturated carbocycles. The lowest BCUT2D eigenvalue weighted by molar-refractivity contribution is -0.123. The summed E-state index contributed by atoms with van der Waals surface area (Å²) in [5, 5.41) is 5.11. The van der Waals surface area contributed by atoms with Gasteiger partial charge in [-0.25, -0.2) is 9.78 Å². The lowest BCUT2D eigenvalue weighted by Crippen LogP contribution is -2.24. The van der Waals surface area contributed by atoms with Gasteiger partial charge in [0.1, 0.15) is 17.4 Å². The first-order valence-electron chi connectivity index (χ1n) is 10.6. The van der Waals surface area contributed by atoms with E-state index in [0.29, 0.717) is 13.0 Å². The van der Waals surface area contributed by atoms with E-state index in [1.807, 2.05) is 53.9 Å². The number of carbonyl (C=O) groups excluding carboxylic acids is 2. The molecule has 0 radical (unpaired) electrons. The summed E-state index contributed by atoms with van der Waals surface area (Å²) in [6.07, 6.45) is 5.96. The number of nitrogens with one attached hydrogen (secondary N) is 1. The minimum Gasteiger partial charge on any atom is -0.487 e. The first-order chi connectivity index (χ1) is 15.7. The zero-order chi connectivity index (χ0) is 22.2. The molecule has 4 rings (SSSR count). The van der Waals surface area contributed by atoms with Gasteiger partial charge in [0.2, 0.25) is 0 Å². The lowest BCUT2D eigenvalue weighted by Gasteiger charge is -2.07. The van der Waals surface area contributed by atoms with Crippen LogP contribution < -0.4 is 10.1 Å². The van der Waals surface area contributed by atoms with Crippen molar-refractivity contribution in [3.63, 3.8) is 0 Å². The number of hydrogen-bond acceptors (Lipinski definition) is 6. The number of rotatable bonds is 10. The Morgan fingerprint density at radius 1 is 1.03 bits per heavy atom. The van der Waals surface area contributed by atoms with Gasteiger partial charge in [-0.15, -0.1) is 11.3 Å². The molecule has 7 heteroatoms. The summed E-state index contributed by atoms with van der Waals surface area (Å²) in [6, 6.07) is 18.2. The van der Waals surface area contributed by atoms with Gasteiger partial charge in [0.05, 0.1) is 5.69 Å². The first kappa shape index (κ1) is 21.8. The monoisotopic (exact) mass is 448 g/mol. The molecule has 164 valence electrons. The van der Waals surface area contributed by atoms with Crippen LogP contribution in [0.2, 0.25) is 0 Å². The van der Waals surface area contributed by atoms with E-state index in [1.165, 1.54) is 5.56 Å². The SMILES string of the molecule is O=C1NC(=O)C(CCCCc2ccc(OCc3csc(C=Cc4ccccc4)n3)cc2)O1. The van der Waals surface area contributed by atoms with Gasteiger partial charge < -0.3 is 9.47 Å². The molecule has 1 atom stereocenters. The minimum absolute atomic E-state index is 0.337. The molecule has 1 aromatic heterocycles. The Morgan fingerprint density at radius 3 is 2.59 bits per heavy atom. The summed E-state index contributed by atoms with van der Waals surface area (Å²) in [4.78, 5) is 27.1. The Hall–Kier alpha value is -3.45. The van der Waals surface area contributed by atoms with Crippen molar-refractivity contribution in [3.8, 4) is 5.75 Å². The molecule has 0 aliphatic carbocycles. The smallest absolute Gasteiger partial charge is 0.414 e. The molecule has 2 heterocycles. The summed E-state index contributed by atoms with van der Waals surface area (Å²) >= 11 is 1.60. The standard InChI is InChI=1S/C25H24N2O4S/c28-24-22(31-25(29)27-24)9-5-4-8-19-10-13-21(14-11-19)30-16-20-17-32-23(26-20)15-12-18-6-2-1-3-7-18/h1-3,6-7,10-15,17,22H,4-5,8-9,16H2,(H,27,28,29). The Kier molecular flexibility index (Phi) is 7.30. The summed E-state index contributed by atoms with van der Waals surface area (Å²) in [6.45, 7) is 0.428. The van der Waals surface area contributed by atoms with Crippen LogP contribution in [0.5, 0.6) is 5.75 Å². The van der Waals surface area contributed by atoms with Gasteiger partial charge in [-0.2, -0.15) is 0 Å². The molecule has 2 amide bonds. The maximum Gasteiger partial charge on any atom is 0.414 e. The Bertz CT molecular complexity index is 1080. The molecule has 1 N–H and O–H groups in total. The average molecular weight is 449 g/mol. The van der Waals surface area contributed by atoms with Gasteiger partial charge in [-0.3, -0.25) is 10.1 Å². The number of thiazole rings is 1. The minimum atomic E-state index is -0.645. The fourth-order valence-corrected chi connectivity index (χ4v) is 4.04. The number of alkyl carbamates (subject to hydrolysis) is 1. The molecule has 32 heavy (non-hydrogen) atoms. The topological polar surface area (TPSA) is 77.5 Å². The number of hydrogen-bond donors (Lipinski definition) is 1. The van der Waals surface area contributed by atoms with Gasteiger partial charge in [0.25, 0.3) is 5.91 Å². The highest BCUT2D eigenvalue weighted by Gasteiger charge is 2.31. The first-order valence-corrected chi connectivity index (χ1v) is 11.4. The van der Waals surface area contributed by atoms with Crippen molar-refractivity contribution in [1.82, 2.24) is 10.3 Å². The van der Waals surface area contributed by atoms with Crippen molar-refractivity contribution in [2.45, 2.75) is 38.4 Å². The highest BCUT2D eigenvalue weighted by atomic mass is 32.1. The molecule has 1 saturated heterocycles. The molecule has 1 aliphatic heterocycles. The van der Waals surface area contributed by atoms with Crippen molar-refractivity contribution >= 4 is 35.5 Å². The highest BCUT2D eigenvalue weighted by Crippen LogP contribution is 2.19. The Balaban J connectivity index is 1.18. The van der Waals surface area contributed by atoms with Crippen molar-refractivity contribution in [2.75, 3.05) is 0 Å². The molecule has 1 unspecified atom stereocenters. The zero-order valence-corrected chi connectivity index (χ0v) is 18.3. The van der Waals surface area contributed by atoms with Crippen LogP contribution in [0.15, 0.2) is 60.0 Å². The predicted molar refractivity (Wildman–Crippen MR) is 124 cm³/mol. The van der Waals surface area contributed by atoms with E-state index in [1.54, 1.807) is 11.3 Å². The van der Waals surface area contributed by atoms with Crippen LogP contribution in [0.25, 0.3) is 12.2 Å². The third-order valence-corrected chi connectivity index (χ3v) is 5.91. The van der Waals surface area contributed by atoms with E-state index >= 15 is 0 Å². The highest BCUT2D eigenvalue weighted by molar-refractivity contribution is 7.10. The second kappa shape index (κ2) is 10.7. The summed E-state index contributed by atoms with van der Waals surface area (Å²) in [5.74, 6) is 0.466. The molecule has 0 bridgehead atoms. The van der Waals surface area contributed by atoms with Crippen LogP contribution in [0.4, 0.5) is 4.79 Å². The fourth-order valence-electron chi connectivity index (χ4n) is 3.35. The average Bonchev–Trinajstić information content (AvgIpc) is 3.40. The van der Waals surface area contributed by atoms with Crippen LogP contribution in [-0.4, -0.2) is 23.1 Å². The van der Waals surface area contributed by atoms with Gasteiger partial charge in [-0.05, 0) is 55.0 Å².